The summed E-state index contributed by atoms with van der Waals surface area (Å²) < 4.78 is 17.6. The number of anilines is 1. The van der Waals surface area contributed by atoms with Gasteiger partial charge in [-0.2, -0.15) is 0 Å². The molecule has 0 radical (unpaired) electrons. The molecular weight excluding hydrogens is 297 g/mol. The van der Waals surface area contributed by atoms with Crippen molar-refractivity contribution < 1.29 is 18.7 Å². The normalized spacial score (nSPS) is 10.0. The number of amides is 1. The molecular formula is C15H11ClFNO3. The molecule has 0 fully saturated rings. The Morgan fingerprint density at radius 1 is 1.10 bits per heavy atom. The first-order valence-electron chi connectivity index (χ1n) is 5.96. The molecule has 0 unspecified atom stereocenters. The molecule has 0 saturated carbocycles. The number of hydrogen-bond donors (Lipinski definition) is 1. The van der Waals surface area contributed by atoms with E-state index in [9.17, 15) is 14.0 Å². The molecule has 2 rings (SSSR count). The lowest BCUT2D eigenvalue weighted by Gasteiger charge is -2.06. The van der Waals surface area contributed by atoms with Gasteiger partial charge in [-0.15, -0.1) is 0 Å². The second-order valence-corrected chi connectivity index (χ2v) is 4.56. The largest absolute Gasteiger partial charge is 0.465 e. The third-order valence-electron chi connectivity index (χ3n) is 2.75. The van der Waals surface area contributed by atoms with Crippen molar-refractivity contribution in [3.8, 4) is 0 Å². The molecule has 0 saturated heterocycles. The fourth-order valence-corrected chi connectivity index (χ4v) is 1.83. The molecule has 0 aliphatic heterocycles. The van der Waals surface area contributed by atoms with Gasteiger partial charge in [0.2, 0.25) is 0 Å². The van der Waals surface area contributed by atoms with E-state index in [2.05, 4.69) is 10.1 Å². The van der Waals surface area contributed by atoms with Crippen LogP contribution in [-0.2, 0) is 4.74 Å². The zero-order valence-corrected chi connectivity index (χ0v) is 11.8. The summed E-state index contributed by atoms with van der Waals surface area (Å²) in [5.74, 6) is -1.48. The molecule has 6 heteroatoms. The number of halogens is 2. The molecule has 2 aromatic carbocycles. The highest BCUT2D eigenvalue weighted by molar-refractivity contribution is 6.31. The van der Waals surface area contributed by atoms with Gasteiger partial charge < -0.3 is 10.1 Å². The van der Waals surface area contributed by atoms with E-state index in [1.807, 2.05) is 0 Å². The van der Waals surface area contributed by atoms with Gasteiger partial charge in [0, 0.05) is 11.3 Å². The maximum absolute atomic E-state index is 13.0. The van der Waals surface area contributed by atoms with Crippen LogP contribution in [-0.4, -0.2) is 19.0 Å². The topological polar surface area (TPSA) is 55.4 Å². The van der Waals surface area contributed by atoms with E-state index in [-0.39, 0.29) is 10.6 Å². The second kappa shape index (κ2) is 6.37. The van der Waals surface area contributed by atoms with Crippen LogP contribution in [0.1, 0.15) is 20.7 Å². The van der Waals surface area contributed by atoms with E-state index < -0.39 is 17.7 Å². The lowest BCUT2D eigenvalue weighted by Crippen LogP contribution is -2.12. The van der Waals surface area contributed by atoms with Gasteiger partial charge in [-0.05, 0) is 42.5 Å². The van der Waals surface area contributed by atoms with Crippen LogP contribution < -0.4 is 5.32 Å². The summed E-state index contributed by atoms with van der Waals surface area (Å²) in [6.07, 6.45) is 0. The maximum atomic E-state index is 13.0. The number of rotatable bonds is 3. The monoisotopic (exact) mass is 307 g/mol. The lowest BCUT2D eigenvalue weighted by molar-refractivity contribution is 0.0600. The molecule has 0 aromatic heterocycles. The number of nitrogens with one attached hydrogen (secondary N) is 1. The number of ether oxygens (including phenoxy) is 1. The Morgan fingerprint density at radius 2 is 1.71 bits per heavy atom. The number of hydrogen-bond acceptors (Lipinski definition) is 3. The van der Waals surface area contributed by atoms with Gasteiger partial charge in [0.15, 0.2) is 0 Å². The van der Waals surface area contributed by atoms with E-state index in [0.29, 0.717) is 11.3 Å². The van der Waals surface area contributed by atoms with Crippen molar-refractivity contribution >= 4 is 29.2 Å². The minimum Gasteiger partial charge on any atom is -0.465 e. The van der Waals surface area contributed by atoms with Crippen molar-refractivity contribution in [3.63, 3.8) is 0 Å². The van der Waals surface area contributed by atoms with Gasteiger partial charge in [-0.25, -0.2) is 9.18 Å². The van der Waals surface area contributed by atoms with Crippen LogP contribution in [0.4, 0.5) is 10.1 Å². The van der Waals surface area contributed by atoms with Gasteiger partial charge in [-0.1, -0.05) is 11.6 Å². The summed E-state index contributed by atoms with van der Waals surface area (Å²) in [6.45, 7) is 0. The number of esters is 1. The van der Waals surface area contributed by atoms with Gasteiger partial charge in [0.25, 0.3) is 5.91 Å². The van der Waals surface area contributed by atoms with Crippen LogP contribution >= 0.6 is 11.6 Å². The number of methoxy groups -OCH3 is 1. The Balaban J connectivity index is 2.12. The van der Waals surface area contributed by atoms with E-state index in [0.717, 1.165) is 6.07 Å². The van der Waals surface area contributed by atoms with Crippen LogP contribution in [0.5, 0.6) is 0 Å². The SMILES string of the molecule is COC(=O)c1ccc(NC(=O)c2ccc(F)c(Cl)c2)cc1. The third-order valence-corrected chi connectivity index (χ3v) is 3.04. The average Bonchev–Trinajstić information content (AvgIpc) is 2.50. The van der Waals surface area contributed by atoms with Crippen LogP contribution in [0.15, 0.2) is 42.5 Å². The van der Waals surface area contributed by atoms with Crippen molar-refractivity contribution in [2.45, 2.75) is 0 Å². The summed E-state index contributed by atoms with van der Waals surface area (Å²) in [4.78, 5) is 23.2. The van der Waals surface area contributed by atoms with Crippen LogP contribution in [0, 0.1) is 5.82 Å². The van der Waals surface area contributed by atoms with Crippen LogP contribution in [0.2, 0.25) is 5.02 Å². The molecule has 1 amide bonds. The zero-order valence-electron chi connectivity index (χ0n) is 11.0. The molecule has 0 heterocycles. The molecule has 4 nitrogen and oxygen atoms in total. The second-order valence-electron chi connectivity index (χ2n) is 4.15. The summed E-state index contributed by atoms with van der Waals surface area (Å²) in [5.41, 5.74) is 1.10. The van der Waals surface area contributed by atoms with Gasteiger partial charge >= 0.3 is 5.97 Å². The summed E-state index contributed by atoms with van der Waals surface area (Å²) in [6, 6.07) is 9.88. The van der Waals surface area contributed by atoms with Crippen molar-refractivity contribution in [2.24, 2.45) is 0 Å². The van der Waals surface area contributed by atoms with Gasteiger partial charge in [0.1, 0.15) is 5.82 Å². The predicted molar refractivity (Wildman–Crippen MR) is 77.1 cm³/mol. The summed E-state index contributed by atoms with van der Waals surface area (Å²) in [5, 5.41) is 2.50. The minimum atomic E-state index is -0.587. The summed E-state index contributed by atoms with van der Waals surface area (Å²) in [7, 11) is 1.29. The molecule has 21 heavy (non-hydrogen) atoms. The molecule has 0 aliphatic carbocycles. The molecule has 0 spiro atoms. The molecule has 1 N–H and O–H groups in total. The Morgan fingerprint density at radius 3 is 2.29 bits per heavy atom. The molecule has 0 aliphatic rings. The number of carbonyl (C=O) groups is 2. The maximum Gasteiger partial charge on any atom is 0.337 e. The standard InChI is InChI=1S/C15H11ClFNO3/c1-21-15(20)9-2-5-11(6-3-9)18-14(19)10-4-7-13(17)12(16)8-10/h2-8H,1H3,(H,18,19). The first kappa shape index (κ1) is 15.0. The molecule has 108 valence electrons. The number of benzene rings is 2. The minimum absolute atomic E-state index is 0.122. The van der Waals surface area contributed by atoms with Gasteiger partial charge in [0.05, 0.1) is 17.7 Å². The quantitative estimate of drug-likeness (QED) is 0.883. The Labute approximate surface area is 125 Å². The Kier molecular flexibility index (Phi) is 4.55. The van der Waals surface area contributed by atoms with Crippen molar-refractivity contribution in [2.75, 3.05) is 12.4 Å². The Bertz CT molecular complexity index is 686. The molecule has 0 atom stereocenters. The predicted octanol–water partition coefficient (Wildman–Crippen LogP) is 3.52. The van der Waals surface area contributed by atoms with Crippen molar-refractivity contribution in [1.82, 2.24) is 0 Å². The highest BCUT2D eigenvalue weighted by Gasteiger charge is 2.10. The lowest BCUT2D eigenvalue weighted by atomic mass is 10.2. The molecule has 0 bridgehead atoms. The first-order valence-corrected chi connectivity index (χ1v) is 6.34. The van der Waals surface area contributed by atoms with Crippen molar-refractivity contribution in [3.05, 3.63) is 64.4 Å². The number of carbonyl (C=O) groups excluding carboxylic acids is 2. The van der Waals surface area contributed by atoms with Crippen molar-refractivity contribution in [1.29, 1.82) is 0 Å². The van der Waals surface area contributed by atoms with E-state index in [1.165, 1.54) is 31.4 Å². The fourth-order valence-electron chi connectivity index (χ4n) is 1.65. The smallest absolute Gasteiger partial charge is 0.337 e. The summed E-state index contributed by atoms with van der Waals surface area (Å²) >= 11 is 5.63. The first-order chi connectivity index (χ1) is 10.0. The van der Waals surface area contributed by atoms with Crippen LogP contribution in [0.25, 0.3) is 0 Å². The average molecular weight is 308 g/mol. The Hall–Kier alpha value is -2.40. The van der Waals surface area contributed by atoms with E-state index in [1.54, 1.807) is 12.1 Å². The third kappa shape index (κ3) is 3.58. The van der Waals surface area contributed by atoms with Gasteiger partial charge in [-0.3, -0.25) is 4.79 Å². The van der Waals surface area contributed by atoms with E-state index >= 15 is 0 Å². The highest BCUT2D eigenvalue weighted by Crippen LogP contribution is 2.17. The fraction of sp³-hybridized carbons (Fsp3) is 0.0667. The van der Waals surface area contributed by atoms with Crippen LogP contribution in [0.3, 0.4) is 0 Å². The molecule has 2 aromatic rings. The van der Waals surface area contributed by atoms with E-state index in [4.69, 9.17) is 11.6 Å². The highest BCUT2D eigenvalue weighted by atomic mass is 35.5. The zero-order chi connectivity index (χ0) is 15.4.